The van der Waals surface area contributed by atoms with E-state index in [1.165, 1.54) is 0 Å². The summed E-state index contributed by atoms with van der Waals surface area (Å²) >= 11 is 0. The number of amides is 1. The van der Waals surface area contributed by atoms with Crippen LogP contribution in [-0.2, 0) is 4.74 Å². The fraction of sp³-hybridized carbons (Fsp3) is 0.294. The number of para-hydroxylation sites is 1. The van der Waals surface area contributed by atoms with Crippen molar-refractivity contribution in [3.05, 3.63) is 36.1 Å². The molecule has 1 atom stereocenters. The molecule has 3 N–H and O–H groups in total. The molecule has 3 heterocycles. The first-order valence-corrected chi connectivity index (χ1v) is 7.85. The fourth-order valence-corrected chi connectivity index (χ4v) is 2.97. The molecule has 1 aliphatic heterocycles. The van der Waals surface area contributed by atoms with Crippen molar-refractivity contribution < 1.29 is 18.5 Å². The minimum absolute atomic E-state index is 0.0138. The number of fused-ring (bicyclic) bond motifs is 1. The highest BCUT2D eigenvalue weighted by molar-refractivity contribution is 6.06. The molecule has 1 aliphatic rings. The highest BCUT2D eigenvalue weighted by Gasteiger charge is 2.26. The number of anilines is 1. The molecular weight excluding hydrogens is 310 g/mol. The molecule has 1 unspecified atom stereocenters. The van der Waals surface area contributed by atoms with Gasteiger partial charge in [0.15, 0.2) is 0 Å². The monoisotopic (exact) mass is 327 g/mol. The van der Waals surface area contributed by atoms with Crippen LogP contribution in [0, 0.1) is 0 Å². The molecule has 0 spiro atoms. The zero-order chi connectivity index (χ0) is 16.5. The number of nitrogen functional groups attached to an aromatic ring is 1. The van der Waals surface area contributed by atoms with Crippen LogP contribution in [0.2, 0.25) is 0 Å². The average Bonchev–Trinajstić information content (AvgIpc) is 3.32. The lowest BCUT2D eigenvalue weighted by Gasteiger charge is -2.10. The maximum absolute atomic E-state index is 12.6. The van der Waals surface area contributed by atoms with Gasteiger partial charge in [0.1, 0.15) is 23.1 Å². The number of furan rings is 1. The van der Waals surface area contributed by atoms with E-state index in [0.29, 0.717) is 23.4 Å². The van der Waals surface area contributed by atoms with Gasteiger partial charge in [-0.2, -0.15) is 0 Å². The van der Waals surface area contributed by atoms with Gasteiger partial charge in [0.05, 0.1) is 11.7 Å². The third kappa shape index (κ3) is 2.52. The summed E-state index contributed by atoms with van der Waals surface area (Å²) in [6.07, 6.45) is 3.56. The first-order valence-electron chi connectivity index (χ1n) is 7.85. The van der Waals surface area contributed by atoms with Gasteiger partial charge in [0.2, 0.25) is 5.88 Å². The second-order valence-electron chi connectivity index (χ2n) is 5.76. The molecule has 3 aromatic rings. The van der Waals surface area contributed by atoms with Gasteiger partial charge in [-0.15, -0.1) is 0 Å². The maximum atomic E-state index is 12.6. The average molecular weight is 327 g/mol. The number of nitrogens with one attached hydrogen (secondary N) is 1. The Kier molecular flexibility index (Phi) is 3.70. The fourth-order valence-electron chi connectivity index (χ4n) is 2.97. The van der Waals surface area contributed by atoms with E-state index in [2.05, 4.69) is 10.5 Å². The highest BCUT2D eigenvalue weighted by Crippen LogP contribution is 2.34. The smallest absolute Gasteiger partial charge is 0.259 e. The quantitative estimate of drug-likeness (QED) is 0.763. The number of rotatable bonds is 4. The molecule has 1 fully saturated rings. The van der Waals surface area contributed by atoms with Gasteiger partial charge in [0, 0.05) is 18.5 Å². The molecule has 0 aliphatic carbocycles. The van der Waals surface area contributed by atoms with Crippen LogP contribution in [0.4, 0.5) is 5.88 Å². The van der Waals surface area contributed by atoms with Crippen molar-refractivity contribution in [1.82, 2.24) is 10.5 Å². The summed E-state index contributed by atoms with van der Waals surface area (Å²) in [7, 11) is 0. The second-order valence-corrected chi connectivity index (χ2v) is 5.76. The molecule has 7 nitrogen and oxygen atoms in total. The first kappa shape index (κ1) is 14.8. The Morgan fingerprint density at radius 2 is 2.25 bits per heavy atom. The number of ether oxygens (including phenoxy) is 1. The molecule has 0 saturated carbocycles. The zero-order valence-corrected chi connectivity index (χ0v) is 13.0. The summed E-state index contributed by atoms with van der Waals surface area (Å²) in [5.41, 5.74) is 7.81. The summed E-state index contributed by atoms with van der Waals surface area (Å²) in [5.74, 6) is -0.343. The first-order chi connectivity index (χ1) is 11.7. The lowest BCUT2D eigenvalue weighted by molar-refractivity contribution is 0.0858. The van der Waals surface area contributed by atoms with Crippen molar-refractivity contribution >= 4 is 22.8 Å². The largest absolute Gasteiger partial charge is 0.464 e. The molecule has 4 rings (SSSR count). The van der Waals surface area contributed by atoms with E-state index in [0.717, 1.165) is 24.8 Å². The topological polar surface area (TPSA) is 104 Å². The summed E-state index contributed by atoms with van der Waals surface area (Å²) in [4.78, 5) is 12.6. The third-order valence-electron chi connectivity index (χ3n) is 4.20. The van der Waals surface area contributed by atoms with Crippen molar-refractivity contribution in [3.63, 3.8) is 0 Å². The van der Waals surface area contributed by atoms with Crippen LogP contribution < -0.4 is 11.1 Å². The number of hydrogen-bond donors (Lipinski definition) is 2. The van der Waals surface area contributed by atoms with E-state index >= 15 is 0 Å². The molecule has 1 aromatic carbocycles. The summed E-state index contributed by atoms with van der Waals surface area (Å²) in [6.45, 7) is 1.18. The minimum atomic E-state index is -0.329. The Bertz CT molecular complexity index is 877. The molecule has 0 bridgehead atoms. The Hall–Kier alpha value is -2.80. The van der Waals surface area contributed by atoms with Gasteiger partial charge < -0.3 is 24.7 Å². The Morgan fingerprint density at radius 1 is 1.38 bits per heavy atom. The standard InChI is InChI=1S/C17H17N3O4/c18-16-14(17(21)19-8-10-4-3-7-22-10)15(20-24-16)12-9-23-13-6-2-1-5-11(12)13/h1-2,5-6,9-10H,3-4,7-8,18H2,(H,19,21). The van der Waals surface area contributed by atoms with Crippen LogP contribution >= 0.6 is 0 Å². The SMILES string of the molecule is Nc1onc(-c2coc3ccccc23)c1C(=O)NCC1CCCO1. The third-order valence-corrected chi connectivity index (χ3v) is 4.20. The number of aromatic nitrogens is 1. The number of carbonyl (C=O) groups is 1. The van der Waals surface area contributed by atoms with Gasteiger partial charge in [-0.25, -0.2) is 0 Å². The molecule has 0 radical (unpaired) electrons. The van der Waals surface area contributed by atoms with Gasteiger partial charge in [0.25, 0.3) is 5.91 Å². The van der Waals surface area contributed by atoms with E-state index < -0.39 is 0 Å². The zero-order valence-electron chi connectivity index (χ0n) is 13.0. The van der Waals surface area contributed by atoms with Gasteiger partial charge in [-0.3, -0.25) is 4.79 Å². The van der Waals surface area contributed by atoms with Gasteiger partial charge in [-0.05, 0) is 18.9 Å². The van der Waals surface area contributed by atoms with Crippen LogP contribution in [0.25, 0.3) is 22.2 Å². The van der Waals surface area contributed by atoms with E-state index in [1.807, 2.05) is 24.3 Å². The molecule has 2 aromatic heterocycles. The predicted octanol–water partition coefficient (Wildman–Crippen LogP) is 2.58. The number of nitrogens with zero attached hydrogens (tertiary/aromatic N) is 1. The number of nitrogens with two attached hydrogens (primary N) is 1. The molecule has 7 heteroatoms. The molecular formula is C17H17N3O4. The van der Waals surface area contributed by atoms with Crippen LogP contribution in [0.1, 0.15) is 23.2 Å². The predicted molar refractivity (Wildman–Crippen MR) is 87.4 cm³/mol. The normalized spacial score (nSPS) is 17.4. The summed E-state index contributed by atoms with van der Waals surface area (Å²) < 4.78 is 16.1. The Balaban J connectivity index is 1.64. The van der Waals surface area contributed by atoms with Crippen molar-refractivity contribution in [1.29, 1.82) is 0 Å². The molecule has 1 saturated heterocycles. The molecule has 124 valence electrons. The number of benzene rings is 1. The van der Waals surface area contributed by atoms with Crippen LogP contribution in [0.15, 0.2) is 39.5 Å². The van der Waals surface area contributed by atoms with Crippen molar-refractivity contribution in [2.45, 2.75) is 18.9 Å². The lowest BCUT2D eigenvalue weighted by Crippen LogP contribution is -2.32. The molecule has 24 heavy (non-hydrogen) atoms. The second kappa shape index (κ2) is 6.01. The number of hydrogen-bond acceptors (Lipinski definition) is 6. The van der Waals surface area contributed by atoms with Crippen LogP contribution in [0.5, 0.6) is 0 Å². The van der Waals surface area contributed by atoms with E-state index in [9.17, 15) is 4.79 Å². The summed E-state index contributed by atoms with van der Waals surface area (Å²) in [6, 6.07) is 7.51. The van der Waals surface area contributed by atoms with Crippen molar-refractivity contribution in [3.8, 4) is 11.3 Å². The highest BCUT2D eigenvalue weighted by atomic mass is 16.5. The van der Waals surface area contributed by atoms with Crippen LogP contribution in [-0.4, -0.2) is 30.3 Å². The Morgan fingerprint density at radius 3 is 3.08 bits per heavy atom. The van der Waals surface area contributed by atoms with Crippen molar-refractivity contribution in [2.75, 3.05) is 18.9 Å². The van der Waals surface area contributed by atoms with Crippen molar-refractivity contribution in [2.24, 2.45) is 0 Å². The van der Waals surface area contributed by atoms with E-state index in [4.69, 9.17) is 19.4 Å². The minimum Gasteiger partial charge on any atom is -0.464 e. The maximum Gasteiger partial charge on any atom is 0.259 e. The Labute approximate surface area is 137 Å². The van der Waals surface area contributed by atoms with Gasteiger partial charge in [-0.1, -0.05) is 23.4 Å². The van der Waals surface area contributed by atoms with E-state index in [-0.39, 0.29) is 23.5 Å². The van der Waals surface area contributed by atoms with E-state index in [1.54, 1.807) is 6.26 Å². The van der Waals surface area contributed by atoms with Gasteiger partial charge >= 0.3 is 0 Å². The molecule has 1 amide bonds. The lowest BCUT2D eigenvalue weighted by atomic mass is 10.1. The summed E-state index contributed by atoms with van der Waals surface area (Å²) in [5, 5.41) is 7.65. The number of carbonyl (C=O) groups excluding carboxylic acids is 1. The van der Waals surface area contributed by atoms with Crippen LogP contribution in [0.3, 0.4) is 0 Å².